The van der Waals surface area contributed by atoms with E-state index in [-0.39, 0.29) is 29.9 Å². The summed E-state index contributed by atoms with van der Waals surface area (Å²) >= 11 is 7.73. The predicted molar refractivity (Wildman–Crippen MR) is 146 cm³/mol. The molecule has 0 aliphatic carbocycles. The van der Waals surface area contributed by atoms with Gasteiger partial charge in [-0.2, -0.15) is 0 Å². The SMILES string of the molecule is CCCCNC(=O)[C@H](Cc1ccccc1)N(Cc1ccc(F)cc1)C(=O)CSCc1ccccc1Cl. The van der Waals surface area contributed by atoms with Gasteiger partial charge in [-0.3, -0.25) is 9.59 Å². The number of amides is 2. The highest BCUT2D eigenvalue weighted by atomic mass is 35.5. The van der Waals surface area contributed by atoms with Crippen LogP contribution in [0.4, 0.5) is 4.39 Å². The van der Waals surface area contributed by atoms with Gasteiger partial charge in [0.15, 0.2) is 0 Å². The van der Waals surface area contributed by atoms with Gasteiger partial charge in [0.1, 0.15) is 11.9 Å². The predicted octanol–water partition coefficient (Wildman–Crippen LogP) is 6.27. The fourth-order valence-electron chi connectivity index (χ4n) is 3.79. The van der Waals surface area contributed by atoms with Crippen LogP contribution >= 0.6 is 23.4 Å². The molecule has 0 aliphatic rings. The Kier molecular flexibility index (Phi) is 11.3. The molecule has 2 amide bonds. The number of rotatable bonds is 13. The highest BCUT2D eigenvalue weighted by Gasteiger charge is 2.30. The number of carbonyl (C=O) groups excluding carboxylic acids is 2. The molecule has 0 aromatic heterocycles. The molecule has 1 atom stereocenters. The van der Waals surface area contributed by atoms with Crippen LogP contribution in [0.2, 0.25) is 5.02 Å². The molecule has 0 fully saturated rings. The summed E-state index contributed by atoms with van der Waals surface area (Å²) < 4.78 is 13.5. The van der Waals surface area contributed by atoms with Gasteiger partial charge in [-0.1, -0.05) is 85.6 Å². The Hall–Kier alpha value is -2.83. The van der Waals surface area contributed by atoms with Crippen LogP contribution in [0.25, 0.3) is 0 Å². The van der Waals surface area contributed by atoms with Gasteiger partial charge in [0, 0.05) is 30.3 Å². The lowest BCUT2D eigenvalue weighted by atomic mass is 10.0. The van der Waals surface area contributed by atoms with E-state index >= 15 is 0 Å². The summed E-state index contributed by atoms with van der Waals surface area (Å²) in [6.45, 7) is 2.83. The second-order valence-electron chi connectivity index (χ2n) is 8.58. The lowest BCUT2D eigenvalue weighted by Gasteiger charge is -2.31. The summed E-state index contributed by atoms with van der Waals surface area (Å²) in [4.78, 5) is 28.6. The van der Waals surface area contributed by atoms with Gasteiger partial charge >= 0.3 is 0 Å². The average Bonchev–Trinajstić information content (AvgIpc) is 2.89. The third kappa shape index (κ3) is 8.68. The molecule has 4 nitrogen and oxygen atoms in total. The summed E-state index contributed by atoms with van der Waals surface area (Å²) in [6.07, 6.45) is 2.21. The number of nitrogens with one attached hydrogen (secondary N) is 1. The molecule has 0 heterocycles. The maximum Gasteiger partial charge on any atom is 0.243 e. The Morgan fingerprint density at radius 3 is 2.36 bits per heavy atom. The van der Waals surface area contributed by atoms with Crippen LogP contribution in [0.15, 0.2) is 78.9 Å². The molecule has 3 rings (SSSR count). The van der Waals surface area contributed by atoms with Gasteiger partial charge in [0.05, 0.1) is 5.75 Å². The summed E-state index contributed by atoms with van der Waals surface area (Å²) in [6, 6.07) is 22.6. The molecule has 0 saturated carbocycles. The normalized spacial score (nSPS) is 11.6. The molecule has 3 aromatic rings. The van der Waals surface area contributed by atoms with Crippen molar-refractivity contribution in [3.63, 3.8) is 0 Å². The van der Waals surface area contributed by atoms with Gasteiger partial charge < -0.3 is 10.2 Å². The Balaban J connectivity index is 1.83. The lowest BCUT2D eigenvalue weighted by Crippen LogP contribution is -2.51. The van der Waals surface area contributed by atoms with E-state index < -0.39 is 6.04 Å². The molecule has 190 valence electrons. The molecule has 0 radical (unpaired) electrons. The Labute approximate surface area is 222 Å². The Bertz CT molecular complexity index is 1110. The van der Waals surface area contributed by atoms with Crippen molar-refractivity contribution in [1.82, 2.24) is 10.2 Å². The van der Waals surface area contributed by atoms with Crippen LogP contribution in [0.3, 0.4) is 0 Å². The summed E-state index contributed by atoms with van der Waals surface area (Å²) in [7, 11) is 0. The number of unbranched alkanes of at least 4 members (excludes halogenated alkanes) is 1. The largest absolute Gasteiger partial charge is 0.354 e. The van der Waals surface area contributed by atoms with Crippen molar-refractivity contribution < 1.29 is 14.0 Å². The molecule has 0 bridgehead atoms. The first kappa shape index (κ1) is 27.8. The van der Waals surface area contributed by atoms with Gasteiger partial charge in [0.25, 0.3) is 0 Å². The molecule has 3 aromatic carbocycles. The van der Waals surface area contributed by atoms with E-state index in [1.54, 1.807) is 17.0 Å². The fraction of sp³-hybridized carbons (Fsp3) is 0.310. The fourth-order valence-corrected chi connectivity index (χ4v) is 4.99. The van der Waals surface area contributed by atoms with Gasteiger partial charge in [-0.15, -0.1) is 11.8 Å². The third-order valence-electron chi connectivity index (χ3n) is 5.81. The highest BCUT2D eigenvalue weighted by Crippen LogP contribution is 2.22. The molecular formula is C29H32ClFN2O2S. The van der Waals surface area contributed by atoms with Crippen LogP contribution < -0.4 is 5.32 Å². The molecular weight excluding hydrogens is 495 g/mol. The summed E-state index contributed by atoms with van der Waals surface area (Å²) in [5, 5.41) is 3.67. The van der Waals surface area contributed by atoms with Gasteiger partial charge in [-0.25, -0.2) is 4.39 Å². The first-order chi connectivity index (χ1) is 17.5. The minimum Gasteiger partial charge on any atom is -0.354 e. The van der Waals surface area contributed by atoms with Crippen LogP contribution in [-0.4, -0.2) is 35.1 Å². The number of hydrogen-bond donors (Lipinski definition) is 1. The Morgan fingerprint density at radius 1 is 0.972 bits per heavy atom. The number of halogens is 2. The average molecular weight is 527 g/mol. The third-order valence-corrected chi connectivity index (χ3v) is 7.14. The molecule has 0 unspecified atom stereocenters. The van der Waals surface area contributed by atoms with E-state index in [9.17, 15) is 14.0 Å². The maximum absolute atomic E-state index is 13.6. The van der Waals surface area contributed by atoms with E-state index in [0.717, 1.165) is 29.5 Å². The van der Waals surface area contributed by atoms with Crippen LogP contribution in [0.1, 0.15) is 36.5 Å². The van der Waals surface area contributed by atoms with E-state index in [1.165, 1.54) is 23.9 Å². The second-order valence-corrected chi connectivity index (χ2v) is 9.98. The second kappa shape index (κ2) is 14.7. The van der Waals surface area contributed by atoms with E-state index in [4.69, 9.17) is 11.6 Å². The zero-order valence-electron chi connectivity index (χ0n) is 20.5. The summed E-state index contributed by atoms with van der Waals surface area (Å²) in [5.41, 5.74) is 2.69. The zero-order valence-corrected chi connectivity index (χ0v) is 22.0. The number of benzene rings is 3. The quantitative estimate of drug-likeness (QED) is 0.267. The van der Waals surface area contributed by atoms with Crippen LogP contribution in [-0.2, 0) is 28.3 Å². The topological polar surface area (TPSA) is 49.4 Å². The van der Waals surface area contributed by atoms with E-state index in [0.29, 0.717) is 23.7 Å². The standard InChI is InChI=1S/C29H32ClFN2O2S/c1-2-3-17-32-29(35)27(18-22-9-5-4-6-10-22)33(19-23-13-15-25(31)16-14-23)28(34)21-36-20-24-11-7-8-12-26(24)30/h4-16,27H,2-3,17-21H2,1H3,(H,32,35)/t27-/m0/s1. The number of nitrogens with zero attached hydrogens (tertiary/aromatic N) is 1. The van der Waals surface area contributed by atoms with Crippen LogP contribution in [0.5, 0.6) is 0 Å². The Morgan fingerprint density at radius 2 is 1.67 bits per heavy atom. The first-order valence-electron chi connectivity index (χ1n) is 12.1. The minimum atomic E-state index is -0.692. The molecule has 0 spiro atoms. The van der Waals surface area contributed by atoms with Gasteiger partial charge in [0.2, 0.25) is 11.8 Å². The van der Waals surface area contributed by atoms with Crippen molar-refractivity contribution in [3.05, 3.63) is 106 Å². The lowest BCUT2D eigenvalue weighted by molar-refractivity contribution is -0.139. The van der Waals surface area contributed by atoms with Crippen LogP contribution in [0, 0.1) is 5.82 Å². The van der Waals surface area contributed by atoms with Crippen molar-refractivity contribution in [2.24, 2.45) is 0 Å². The molecule has 0 aliphatic heterocycles. The molecule has 7 heteroatoms. The van der Waals surface area contributed by atoms with E-state index in [2.05, 4.69) is 12.2 Å². The highest BCUT2D eigenvalue weighted by molar-refractivity contribution is 7.99. The number of carbonyl (C=O) groups is 2. The van der Waals surface area contributed by atoms with Crippen molar-refractivity contribution in [3.8, 4) is 0 Å². The monoisotopic (exact) mass is 526 g/mol. The first-order valence-corrected chi connectivity index (χ1v) is 13.7. The smallest absolute Gasteiger partial charge is 0.243 e. The summed E-state index contributed by atoms with van der Waals surface area (Å²) in [5.74, 6) is 0.105. The van der Waals surface area contributed by atoms with Gasteiger partial charge in [-0.05, 0) is 41.3 Å². The molecule has 0 saturated heterocycles. The molecule has 36 heavy (non-hydrogen) atoms. The molecule has 1 N–H and O–H groups in total. The van der Waals surface area contributed by atoms with E-state index in [1.807, 2.05) is 54.6 Å². The zero-order chi connectivity index (χ0) is 25.8. The van der Waals surface area contributed by atoms with Crippen molar-refractivity contribution >= 4 is 35.2 Å². The van der Waals surface area contributed by atoms with Crippen molar-refractivity contribution in [1.29, 1.82) is 0 Å². The maximum atomic E-state index is 13.6. The minimum absolute atomic E-state index is 0.150. The van der Waals surface area contributed by atoms with Crippen molar-refractivity contribution in [2.45, 2.75) is 44.5 Å². The number of hydrogen-bond acceptors (Lipinski definition) is 3. The number of thioether (sulfide) groups is 1. The van der Waals surface area contributed by atoms with Crippen molar-refractivity contribution in [2.75, 3.05) is 12.3 Å².